The van der Waals surface area contributed by atoms with Crippen molar-refractivity contribution >= 4 is 0 Å². The summed E-state index contributed by atoms with van der Waals surface area (Å²) in [7, 11) is 0. The Kier molecular flexibility index (Phi) is 5.53. The Bertz CT molecular complexity index is 293. The first kappa shape index (κ1) is 13.2. The van der Waals surface area contributed by atoms with Crippen LogP contribution in [-0.2, 0) is 6.54 Å². The van der Waals surface area contributed by atoms with Gasteiger partial charge in [0.15, 0.2) is 0 Å². The number of nitrogens with two attached hydrogens (primary N) is 1. The summed E-state index contributed by atoms with van der Waals surface area (Å²) in [6.45, 7) is 7.53. The summed E-state index contributed by atoms with van der Waals surface area (Å²) >= 11 is 0. The molecule has 0 saturated carbocycles. The van der Waals surface area contributed by atoms with Crippen LogP contribution in [0, 0.1) is 5.92 Å². The molecular formula is C13H25N3. The van der Waals surface area contributed by atoms with Gasteiger partial charge in [0.05, 0.1) is 6.04 Å². The third-order valence-electron chi connectivity index (χ3n) is 3.35. The SMILES string of the molecule is CCCCC(CC)C(N)c1nccn1CC. The number of unbranched alkanes of at least 4 members (excludes halogenated alkanes) is 1. The summed E-state index contributed by atoms with van der Waals surface area (Å²) in [6.07, 6.45) is 8.72. The van der Waals surface area contributed by atoms with Gasteiger partial charge in [-0.3, -0.25) is 0 Å². The lowest BCUT2D eigenvalue weighted by molar-refractivity contribution is 0.359. The van der Waals surface area contributed by atoms with E-state index in [1.54, 1.807) is 0 Å². The molecule has 2 atom stereocenters. The predicted molar refractivity (Wildman–Crippen MR) is 68.1 cm³/mol. The third kappa shape index (κ3) is 3.08. The molecule has 3 nitrogen and oxygen atoms in total. The lowest BCUT2D eigenvalue weighted by Crippen LogP contribution is -2.24. The maximum atomic E-state index is 6.33. The van der Waals surface area contributed by atoms with Crippen molar-refractivity contribution in [3.63, 3.8) is 0 Å². The highest BCUT2D eigenvalue weighted by atomic mass is 15.1. The molecular weight excluding hydrogens is 198 g/mol. The standard InChI is InChI=1S/C13H25N3/c1-4-7-8-11(5-2)12(14)13-15-9-10-16(13)6-3/h9-12H,4-8,14H2,1-3H3. The molecule has 2 unspecified atom stereocenters. The van der Waals surface area contributed by atoms with E-state index in [-0.39, 0.29) is 6.04 Å². The molecule has 1 aromatic rings. The maximum Gasteiger partial charge on any atom is 0.125 e. The quantitative estimate of drug-likeness (QED) is 0.772. The summed E-state index contributed by atoms with van der Waals surface area (Å²) in [6, 6.07) is 0.0894. The Hall–Kier alpha value is -0.830. The van der Waals surface area contributed by atoms with Gasteiger partial charge >= 0.3 is 0 Å². The zero-order valence-corrected chi connectivity index (χ0v) is 10.8. The zero-order chi connectivity index (χ0) is 12.0. The van der Waals surface area contributed by atoms with Crippen molar-refractivity contribution < 1.29 is 0 Å². The Morgan fingerprint density at radius 1 is 1.38 bits per heavy atom. The second-order valence-electron chi connectivity index (χ2n) is 4.41. The van der Waals surface area contributed by atoms with E-state index in [1.807, 2.05) is 12.4 Å². The molecule has 16 heavy (non-hydrogen) atoms. The van der Waals surface area contributed by atoms with E-state index in [2.05, 4.69) is 30.3 Å². The van der Waals surface area contributed by atoms with Gasteiger partial charge in [0, 0.05) is 18.9 Å². The predicted octanol–water partition coefficient (Wildman–Crippen LogP) is 3.12. The van der Waals surface area contributed by atoms with Crippen LogP contribution in [0.4, 0.5) is 0 Å². The van der Waals surface area contributed by atoms with Crippen LogP contribution in [0.1, 0.15) is 58.3 Å². The number of hydrogen-bond donors (Lipinski definition) is 1. The highest BCUT2D eigenvalue weighted by Crippen LogP contribution is 2.25. The van der Waals surface area contributed by atoms with Gasteiger partial charge in [-0.2, -0.15) is 0 Å². The molecule has 0 aliphatic heterocycles. The lowest BCUT2D eigenvalue weighted by Gasteiger charge is -2.22. The topological polar surface area (TPSA) is 43.8 Å². The summed E-state index contributed by atoms with van der Waals surface area (Å²) in [5, 5.41) is 0. The molecule has 0 fully saturated rings. The molecule has 0 saturated heterocycles. The van der Waals surface area contributed by atoms with Gasteiger partial charge in [-0.05, 0) is 19.3 Å². The average molecular weight is 223 g/mol. The molecule has 0 radical (unpaired) electrons. The zero-order valence-electron chi connectivity index (χ0n) is 10.8. The van der Waals surface area contributed by atoms with Gasteiger partial charge < -0.3 is 10.3 Å². The van der Waals surface area contributed by atoms with Crippen molar-refractivity contribution in [2.45, 2.75) is 59.0 Å². The summed E-state index contributed by atoms with van der Waals surface area (Å²) in [4.78, 5) is 4.40. The summed E-state index contributed by atoms with van der Waals surface area (Å²) < 4.78 is 2.15. The van der Waals surface area contributed by atoms with Crippen molar-refractivity contribution in [2.75, 3.05) is 0 Å². The molecule has 1 rings (SSSR count). The number of hydrogen-bond acceptors (Lipinski definition) is 2. The molecule has 92 valence electrons. The van der Waals surface area contributed by atoms with Crippen molar-refractivity contribution in [3.8, 4) is 0 Å². The first-order valence-electron chi connectivity index (χ1n) is 6.51. The Labute approximate surface area is 99.1 Å². The van der Waals surface area contributed by atoms with E-state index in [0.717, 1.165) is 18.8 Å². The van der Waals surface area contributed by atoms with Crippen LogP contribution in [-0.4, -0.2) is 9.55 Å². The fourth-order valence-electron chi connectivity index (χ4n) is 2.20. The first-order valence-corrected chi connectivity index (χ1v) is 6.51. The second-order valence-corrected chi connectivity index (χ2v) is 4.41. The smallest absolute Gasteiger partial charge is 0.125 e. The van der Waals surface area contributed by atoms with Crippen molar-refractivity contribution in [1.82, 2.24) is 9.55 Å². The van der Waals surface area contributed by atoms with Gasteiger partial charge in [-0.15, -0.1) is 0 Å². The number of aryl methyl sites for hydroxylation is 1. The van der Waals surface area contributed by atoms with Crippen molar-refractivity contribution in [1.29, 1.82) is 0 Å². The molecule has 0 aliphatic carbocycles. The highest BCUT2D eigenvalue weighted by Gasteiger charge is 2.20. The van der Waals surface area contributed by atoms with E-state index in [0.29, 0.717) is 5.92 Å². The molecule has 0 aromatic carbocycles. The van der Waals surface area contributed by atoms with Crippen molar-refractivity contribution in [2.24, 2.45) is 11.7 Å². The fraction of sp³-hybridized carbons (Fsp3) is 0.769. The molecule has 0 spiro atoms. The monoisotopic (exact) mass is 223 g/mol. The van der Waals surface area contributed by atoms with Crippen LogP contribution in [0.15, 0.2) is 12.4 Å². The van der Waals surface area contributed by atoms with Crippen LogP contribution in [0.5, 0.6) is 0 Å². The molecule has 1 aromatic heterocycles. The van der Waals surface area contributed by atoms with E-state index in [4.69, 9.17) is 5.73 Å². The summed E-state index contributed by atoms with van der Waals surface area (Å²) in [5.74, 6) is 1.61. The Morgan fingerprint density at radius 3 is 2.69 bits per heavy atom. The largest absolute Gasteiger partial charge is 0.334 e. The Balaban J connectivity index is 2.70. The van der Waals surface area contributed by atoms with E-state index in [1.165, 1.54) is 19.3 Å². The molecule has 3 heteroatoms. The maximum absolute atomic E-state index is 6.33. The minimum atomic E-state index is 0.0894. The fourth-order valence-corrected chi connectivity index (χ4v) is 2.20. The molecule has 0 aliphatic rings. The van der Waals surface area contributed by atoms with Crippen molar-refractivity contribution in [3.05, 3.63) is 18.2 Å². The Morgan fingerprint density at radius 2 is 2.12 bits per heavy atom. The second kappa shape index (κ2) is 6.69. The van der Waals surface area contributed by atoms with Gasteiger partial charge in [0.2, 0.25) is 0 Å². The van der Waals surface area contributed by atoms with Crippen LogP contribution < -0.4 is 5.73 Å². The van der Waals surface area contributed by atoms with Gasteiger partial charge in [-0.1, -0.05) is 33.1 Å². The van der Waals surface area contributed by atoms with Gasteiger partial charge in [-0.25, -0.2) is 4.98 Å². The normalized spacial score (nSPS) is 15.0. The van der Waals surface area contributed by atoms with Crippen LogP contribution >= 0.6 is 0 Å². The number of rotatable bonds is 7. The van der Waals surface area contributed by atoms with E-state index >= 15 is 0 Å². The highest BCUT2D eigenvalue weighted by molar-refractivity contribution is 5.00. The minimum Gasteiger partial charge on any atom is -0.334 e. The molecule has 2 N–H and O–H groups in total. The third-order valence-corrected chi connectivity index (χ3v) is 3.35. The molecule has 1 heterocycles. The molecule has 0 bridgehead atoms. The number of imidazole rings is 1. The summed E-state index contributed by atoms with van der Waals surface area (Å²) in [5.41, 5.74) is 6.33. The minimum absolute atomic E-state index is 0.0894. The van der Waals surface area contributed by atoms with Gasteiger partial charge in [0.1, 0.15) is 5.82 Å². The van der Waals surface area contributed by atoms with Crippen LogP contribution in [0.3, 0.4) is 0 Å². The number of nitrogens with zero attached hydrogens (tertiary/aromatic N) is 2. The average Bonchev–Trinajstić information content (AvgIpc) is 2.77. The van der Waals surface area contributed by atoms with Crippen LogP contribution in [0.2, 0.25) is 0 Å². The molecule has 0 amide bonds. The number of aromatic nitrogens is 2. The van der Waals surface area contributed by atoms with Crippen LogP contribution in [0.25, 0.3) is 0 Å². The lowest BCUT2D eigenvalue weighted by atomic mass is 9.91. The van der Waals surface area contributed by atoms with E-state index < -0.39 is 0 Å². The van der Waals surface area contributed by atoms with E-state index in [9.17, 15) is 0 Å². The first-order chi connectivity index (χ1) is 7.74. The van der Waals surface area contributed by atoms with Gasteiger partial charge in [0.25, 0.3) is 0 Å².